The monoisotopic (exact) mass is 400 g/mol. The number of carbonyl (C=O) groups is 1. The molecular formula is C18H22ClFN2O3S. The van der Waals surface area contributed by atoms with Crippen LogP contribution in [-0.4, -0.2) is 30.3 Å². The predicted molar refractivity (Wildman–Crippen MR) is 101 cm³/mol. The first-order chi connectivity index (χ1) is 12.3. The van der Waals surface area contributed by atoms with Gasteiger partial charge in [-0.05, 0) is 50.5 Å². The van der Waals surface area contributed by atoms with Gasteiger partial charge < -0.3 is 9.47 Å². The zero-order valence-electron chi connectivity index (χ0n) is 15.2. The Balaban J connectivity index is 2.46. The van der Waals surface area contributed by atoms with Gasteiger partial charge in [-0.15, -0.1) is 0 Å². The average molecular weight is 401 g/mol. The first-order valence-electron chi connectivity index (χ1n) is 8.05. The largest absolute Gasteiger partial charge is 0.496 e. The van der Waals surface area contributed by atoms with Gasteiger partial charge >= 0.3 is 0 Å². The van der Waals surface area contributed by atoms with Gasteiger partial charge in [0.25, 0.3) is 5.91 Å². The van der Waals surface area contributed by atoms with Crippen LogP contribution in [0.25, 0.3) is 0 Å². The Morgan fingerprint density at radius 2 is 2.12 bits per heavy atom. The number of hydrogen-bond acceptors (Lipinski definition) is 4. The summed E-state index contributed by atoms with van der Waals surface area (Å²) in [6, 6.07) is 4.79. The van der Waals surface area contributed by atoms with Crippen molar-refractivity contribution >= 4 is 29.0 Å². The summed E-state index contributed by atoms with van der Waals surface area (Å²) < 4.78 is 25.3. The molecule has 1 heterocycles. The van der Waals surface area contributed by atoms with Crippen LogP contribution in [0.2, 0.25) is 5.02 Å². The fourth-order valence-electron chi connectivity index (χ4n) is 2.13. The molecule has 0 N–H and O–H groups in total. The second-order valence-electron chi connectivity index (χ2n) is 6.55. The number of aromatic nitrogens is 1. The van der Waals surface area contributed by atoms with E-state index < -0.39 is 12.6 Å². The Bertz CT molecular complexity index is 840. The highest BCUT2D eigenvalue weighted by Crippen LogP contribution is 2.23. The second-order valence-corrected chi connectivity index (χ2v) is 7.95. The number of hydrogen-bond donors (Lipinski definition) is 0. The van der Waals surface area contributed by atoms with Crippen LogP contribution in [-0.2, 0) is 16.9 Å². The number of alkyl halides is 1. The Morgan fingerprint density at radius 3 is 2.73 bits per heavy atom. The van der Waals surface area contributed by atoms with Gasteiger partial charge in [0.2, 0.25) is 0 Å². The molecule has 0 spiro atoms. The van der Waals surface area contributed by atoms with Crippen LogP contribution in [0.3, 0.4) is 0 Å². The van der Waals surface area contributed by atoms with Gasteiger partial charge in [0, 0.05) is 22.3 Å². The zero-order valence-corrected chi connectivity index (χ0v) is 16.8. The van der Waals surface area contributed by atoms with E-state index in [2.05, 4.69) is 4.99 Å². The van der Waals surface area contributed by atoms with Crippen LogP contribution in [0.4, 0.5) is 4.39 Å². The highest BCUT2D eigenvalue weighted by Gasteiger charge is 2.18. The van der Waals surface area contributed by atoms with Crippen molar-refractivity contribution in [3.05, 3.63) is 45.2 Å². The lowest BCUT2D eigenvalue weighted by atomic mass is 10.1. The molecule has 0 aliphatic carbocycles. The van der Waals surface area contributed by atoms with E-state index in [1.807, 2.05) is 30.9 Å². The third kappa shape index (κ3) is 5.16. The lowest BCUT2D eigenvalue weighted by Crippen LogP contribution is -2.18. The van der Waals surface area contributed by atoms with Crippen molar-refractivity contribution in [3.8, 4) is 5.75 Å². The smallest absolute Gasteiger partial charge is 0.282 e. The highest BCUT2D eigenvalue weighted by molar-refractivity contribution is 7.04. The quantitative estimate of drug-likeness (QED) is 0.683. The summed E-state index contributed by atoms with van der Waals surface area (Å²) in [5.74, 6) is -0.0577. The molecule has 2 aromatic rings. The van der Waals surface area contributed by atoms with Crippen LogP contribution in [0, 0.1) is 0 Å². The average Bonchev–Trinajstić information content (AvgIpc) is 2.98. The summed E-state index contributed by atoms with van der Waals surface area (Å²) >= 11 is 7.34. The lowest BCUT2D eigenvalue weighted by molar-refractivity contribution is 0.0991. The van der Waals surface area contributed by atoms with E-state index in [-0.39, 0.29) is 24.3 Å². The Labute approximate surface area is 161 Å². The lowest BCUT2D eigenvalue weighted by Gasteiger charge is -2.19. The van der Waals surface area contributed by atoms with E-state index in [9.17, 15) is 9.18 Å². The van der Waals surface area contributed by atoms with Crippen LogP contribution in [0.1, 0.15) is 36.7 Å². The SMILES string of the molecule is COc1ccc(Cl)cc1C(=O)/N=c1\sn(C(C)(C)C)cc1COCCF. The maximum atomic E-state index is 12.7. The third-order valence-corrected chi connectivity index (χ3v) is 5.08. The molecule has 0 saturated heterocycles. The molecule has 1 aromatic carbocycles. The molecule has 0 aliphatic heterocycles. The number of methoxy groups -OCH3 is 1. The molecule has 26 heavy (non-hydrogen) atoms. The molecule has 2 rings (SSSR count). The highest BCUT2D eigenvalue weighted by atomic mass is 35.5. The van der Waals surface area contributed by atoms with Crippen LogP contribution < -0.4 is 9.41 Å². The summed E-state index contributed by atoms with van der Waals surface area (Å²) in [5, 5.41) is 0.423. The number of carbonyl (C=O) groups excluding carboxylic acids is 1. The summed E-state index contributed by atoms with van der Waals surface area (Å²) in [5.41, 5.74) is 0.836. The summed E-state index contributed by atoms with van der Waals surface area (Å²) in [6.45, 7) is 5.75. The van der Waals surface area contributed by atoms with Crippen molar-refractivity contribution in [2.45, 2.75) is 32.9 Å². The molecule has 5 nitrogen and oxygen atoms in total. The number of amides is 1. The molecule has 1 aromatic heterocycles. The van der Waals surface area contributed by atoms with E-state index in [0.29, 0.717) is 15.4 Å². The van der Waals surface area contributed by atoms with Gasteiger partial charge in [-0.2, -0.15) is 4.99 Å². The molecule has 1 amide bonds. The molecule has 8 heteroatoms. The van der Waals surface area contributed by atoms with Crippen molar-refractivity contribution in [2.75, 3.05) is 20.4 Å². The number of nitrogens with zero attached hydrogens (tertiary/aromatic N) is 2. The number of ether oxygens (including phenoxy) is 2. The molecule has 0 unspecified atom stereocenters. The molecule has 0 saturated carbocycles. The van der Waals surface area contributed by atoms with Crippen molar-refractivity contribution < 1.29 is 18.7 Å². The van der Waals surface area contributed by atoms with Crippen molar-refractivity contribution in [3.63, 3.8) is 0 Å². The van der Waals surface area contributed by atoms with Gasteiger partial charge in [-0.3, -0.25) is 8.75 Å². The maximum absolute atomic E-state index is 12.7. The molecular weight excluding hydrogens is 379 g/mol. The minimum Gasteiger partial charge on any atom is -0.496 e. The number of benzene rings is 1. The van der Waals surface area contributed by atoms with E-state index in [1.54, 1.807) is 12.1 Å². The molecule has 0 atom stereocenters. The van der Waals surface area contributed by atoms with Crippen LogP contribution in [0.15, 0.2) is 29.4 Å². The summed E-state index contributed by atoms with van der Waals surface area (Å²) in [7, 11) is 1.48. The van der Waals surface area contributed by atoms with Gasteiger partial charge in [-0.25, -0.2) is 4.39 Å². The first-order valence-corrected chi connectivity index (χ1v) is 9.20. The first kappa shape index (κ1) is 20.6. The standard InChI is InChI=1S/C18H22ClFN2O3S/c1-18(2,3)22-10-12(11-25-8-7-20)17(26-22)21-16(23)14-9-13(19)5-6-15(14)24-4/h5-6,9-10H,7-8,11H2,1-4H3/b21-17-. The Kier molecular flexibility index (Phi) is 6.97. The Morgan fingerprint density at radius 1 is 1.38 bits per heavy atom. The van der Waals surface area contributed by atoms with Crippen molar-refractivity contribution in [1.29, 1.82) is 0 Å². The van der Waals surface area contributed by atoms with E-state index >= 15 is 0 Å². The normalized spacial score (nSPS) is 12.5. The molecule has 0 radical (unpaired) electrons. The van der Waals surface area contributed by atoms with Crippen molar-refractivity contribution in [1.82, 2.24) is 3.96 Å². The zero-order chi connectivity index (χ0) is 19.3. The number of halogens is 2. The van der Waals surface area contributed by atoms with Gasteiger partial charge in [0.15, 0.2) is 0 Å². The summed E-state index contributed by atoms with van der Waals surface area (Å²) in [4.78, 5) is 16.9. The Hall–Kier alpha value is -1.70. The second kappa shape index (κ2) is 8.79. The topological polar surface area (TPSA) is 52.8 Å². The fourth-order valence-corrected chi connectivity index (χ4v) is 3.30. The minimum atomic E-state index is -0.561. The minimum absolute atomic E-state index is 0.000860. The van der Waals surface area contributed by atoms with E-state index in [4.69, 9.17) is 21.1 Å². The molecule has 0 aliphatic rings. The predicted octanol–water partition coefficient (Wildman–Crippen LogP) is 4.19. The molecule has 0 bridgehead atoms. The third-order valence-electron chi connectivity index (χ3n) is 3.47. The van der Waals surface area contributed by atoms with Crippen LogP contribution in [0.5, 0.6) is 5.75 Å². The van der Waals surface area contributed by atoms with Gasteiger partial charge in [-0.1, -0.05) is 11.6 Å². The fraction of sp³-hybridized carbons (Fsp3) is 0.444. The van der Waals surface area contributed by atoms with Crippen molar-refractivity contribution in [2.24, 2.45) is 4.99 Å². The molecule has 0 fully saturated rings. The maximum Gasteiger partial charge on any atom is 0.282 e. The molecule has 142 valence electrons. The van der Waals surface area contributed by atoms with Crippen LogP contribution >= 0.6 is 23.1 Å². The van der Waals surface area contributed by atoms with Gasteiger partial charge in [0.1, 0.15) is 17.1 Å². The van der Waals surface area contributed by atoms with E-state index in [0.717, 1.165) is 5.56 Å². The summed E-state index contributed by atoms with van der Waals surface area (Å²) in [6.07, 6.45) is 1.88. The van der Waals surface area contributed by atoms with E-state index in [1.165, 1.54) is 24.7 Å². The number of rotatable bonds is 6. The van der Waals surface area contributed by atoms with Gasteiger partial charge in [0.05, 0.1) is 25.9 Å².